The molecule has 0 saturated heterocycles. The molecule has 1 atom stereocenters. The average molecular weight is 399 g/mol. The third-order valence-corrected chi connectivity index (χ3v) is 4.43. The van der Waals surface area contributed by atoms with Gasteiger partial charge < -0.3 is 10.1 Å². The SMILES string of the molecule is COc1ccc(-c2ccc(=O)n(C(C)C(=O)NCc3ccc(F)cc3F)n2)cc1. The summed E-state index contributed by atoms with van der Waals surface area (Å²) in [7, 11) is 1.56. The van der Waals surface area contributed by atoms with Crippen molar-refractivity contribution in [1.29, 1.82) is 0 Å². The van der Waals surface area contributed by atoms with Crippen molar-refractivity contribution in [2.45, 2.75) is 19.5 Å². The smallest absolute Gasteiger partial charge is 0.267 e. The molecule has 0 aliphatic rings. The summed E-state index contributed by atoms with van der Waals surface area (Å²) in [5.74, 6) is -1.29. The fraction of sp³-hybridized carbons (Fsp3) is 0.190. The van der Waals surface area contributed by atoms with Crippen molar-refractivity contribution >= 4 is 5.91 Å². The maximum atomic E-state index is 13.7. The molecule has 29 heavy (non-hydrogen) atoms. The van der Waals surface area contributed by atoms with Crippen LogP contribution in [-0.2, 0) is 11.3 Å². The number of benzene rings is 2. The van der Waals surface area contributed by atoms with E-state index in [0.717, 1.165) is 22.4 Å². The van der Waals surface area contributed by atoms with E-state index in [1.54, 1.807) is 37.4 Å². The summed E-state index contributed by atoms with van der Waals surface area (Å²) in [4.78, 5) is 24.7. The highest BCUT2D eigenvalue weighted by atomic mass is 19.1. The zero-order valence-corrected chi connectivity index (χ0v) is 15.9. The Morgan fingerprint density at radius 1 is 1.14 bits per heavy atom. The van der Waals surface area contributed by atoms with Crippen LogP contribution >= 0.6 is 0 Å². The van der Waals surface area contributed by atoms with E-state index in [1.165, 1.54) is 19.1 Å². The number of carbonyl (C=O) groups excluding carboxylic acids is 1. The molecule has 0 spiro atoms. The predicted octanol–water partition coefficient (Wildman–Crippen LogP) is 3.07. The van der Waals surface area contributed by atoms with E-state index in [2.05, 4.69) is 10.4 Å². The molecule has 1 unspecified atom stereocenters. The van der Waals surface area contributed by atoms with Gasteiger partial charge in [-0.2, -0.15) is 5.10 Å². The fourth-order valence-electron chi connectivity index (χ4n) is 2.72. The van der Waals surface area contributed by atoms with Crippen LogP contribution in [0.4, 0.5) is 8.78 Å². The Morgan fingerprint density at radius 2 is 1.86 bits per heavy atom. The third kappa shape index (κ3) is 4.66. The lowest BCUT2D eigenvalue weighted by Gasteiger charge is -2.15. The van der Waals surface area contributed by atoms with Crippen LogP contribution in [0.15, 0.2) is 59.4 Å². The minimum atomic E-state index is -0.927. The molecule has 0 saturated carbocycles. The lowest BCUT2D eigenvalue weighted by molar-refractivity contribution is -0.124. The molecule has 2 aromatic carbocycles. The predicted molar refractivity (Wildman–Crippen MR) is 103 cm³/mol. The van der Waals surface area contributed by atoms with Gasteiger partial charge in [0.25, 0.3) is 5.56 Å². The average Bonchev–Trinajstić information content (AvgIpc) is 2.73. The Hall–Kier alpha value is -3.55. The van der Waals surface area contributed by atoms with Crippen molar-refractivity contribution in [3.05, 3.63) is 82.1 Å². The van der Waals surface area contributed by atoms with E-state index >= 15 is 0 Å². The number of rotatable bonds is 6. The number of aromatic nitrogens is 2. The normalized spacial score (nSPS) is 11.7. The first-order valence-corrected chi connectivity index (χ1v) is 8.85. The van der Waals surface area contributed by atoms with Crippen LogP contribution in [0, 0.1) is 11.6 Å². The standard InChI is InChI=1S/C21H19F2N3O3/c1-13(21(28)24-12-15-3-6-16(22)11-18(15)23)26-20(27)10-9-19(25-26)14-4-7-17(29-2)8-5-14/h3-11,13H,12H2,1-2H3,(H,24,28). The van der Waals surface area contributed by atoms with Crippen LogP contribution in [0.5, 0.6) is 5.75 Å². The summed E-state index contributed by atoms with van der Waals surface area (Å²) in [6.07, 6.45) is 0. The number of hydrogen-bond donors (Lipinski definition) is 1. The number of ether oxygens (including phenoxy) is 1. The molecule has 150 valence electrons. The van der Waals surface area contributed by atoms with E-state index < -0.39 is 29.1 Å². The van der Waals surface area contributed by atoms with Gasteiger partial charge in [-0.1, -0.05) is 6.07 Å². The van der Waals surface area contributed by atoms with Gasteiger partial charge >= 0.3 is 0 Å². The van der Waals surface area contributed by atoms with Crippen molar-refractivity contribution < 1.29 is 18.3 Å². The van der Waals surface area contributed by atoms with Crippen LogP contribution in [0.1, 0.15) is 18.5 Å². The van der Waals surface area contributed by atoms with E-state index in [4.69, 9.17) is 4.74 Å². The molecule has 0 aliphatic carbocycles. The molecule has 1 heterocycles. The molecule has 8 heteroatoms. The Labute approximate surface area is 165 Å². The van der Waals surface area contributed by atoms with Crippen molar-refractivity contribution in [1.82, 2.24) is 15.1 Å². The number of nitrogens with zero attached hydrogens (tertiary/aromatic N) is 2. The van der Waals surface area contributed by atoms with Crippen LogP contribution < -0.4 is 15.6 Å². The number of amides is 1. The Morgan fingerprint density at radius 3 is 2.52 bits per heavy atom. The number of nitrogens with one attached hydrogen (secondary N) is 1. The van der Waals surface area contributed by atoms with Crippen molar-refractivity contribution in [3.8, 4) is 17.0 Å². The third-order valence-electron chi connectivity index (χ3n) is 4.43. The van der Waals surface area contributed by atoms with E-state index in [0.29, 0.717) is 11.4 Å². The highest BCUT2D eigenvalue weighted by Gasteiger charge is 2.18. The second kappa shape index (κ2) is 8.64. The van der Waals surface area contributed by atoms with Crippen LogP contribution in [0.3, 0.4) is 0 Å². The first kappa shape index (κ1) is 20.2. The highest BCUT2D eigenvalue weighted by Crippen LogP contribution is 2.20. The first-order chi connectivity index (χ1) is 13.9. The monoisotopic (exact) mass is 399 g/mol. The van der Waals surface area contributed by atoms with Gasteiger partial charge in [-0.05, 0) is 43.3 Å². The van der Waals surface area contributed by atoms with E-state index in [9.17, 15) is 18.4 Å². The molecular formula is C21H19F2N3O3. The summed E-state index contributed by atoms with van der Waals surface area (Å²) in [5.41, 5.74) is 0.953. The molecule has 1 aromatic heterocycles. The molecule has 0 fully saturated rings. The summed E-state index contributed by atoms with van der Waals surface area (Å²) in [6.45, 7) is 1.38. The highest BCUT2D eigenvalue weighted by molar-refractivity contribution is 5.79. The van der Waals surface area contributed by atoms with Crippen LogP contribution in [0.25, 0.3) is 11.3 Å². The second-order valence-electron chi connectivity index (χ2n) is 6.36. The molecule has 1 amide bonds. The lowest BCUT2D eigenvalue weighted by atomic mass is 10.1. The van der Waals surface area contributed by atoms with E-state index in [1.807, 2.05) is 0 Å². The first-order valence-electron chi connectivity index (χ1n) is 8.85. The second-order valence-corrected chi connectivity index (χ2v) is 6.36. The van der Waals surface area contributed by atoms with Gasteiger partial charge in [0, 0.05) is 29.8 Å². The maximum Gasteiger partial charge on any atom is 0.267 e. The van der Waals surface area contributed by atoms with E-state index in [-0.39, 0.29) is 12.1 Å². The Kier molecular flexibility index (Phi) is 6.01. The number of carbonyl (C=O) groups is 1. The molecule has 3 rings (SSSR count). The zero-order chi connectivity index (χ0) is 21.0. The van der Waals surface area contributed by atoms with Crippen LogP contribution in [0.2, 0.25) is 0 Å². The van der Waals surface area contributed by atoms with Gasteiger partial charge in [0.15, 0.2) is 0 Å². The molecule has 1 N–H and O–H groups in total. The lowest BCUT2D eigenvalue weighted by Crippen LogP contribution is -2.36. The fourth-order valence-corrected chi connectivity index (χ4v) is 2.72. The van der Waals surface area contributed by atoms with Gasteiger partial charge in [0.1, 0.15) is 23.4 Å². The van der Waals surface area contributed by atoms with Crippen molar-refractivity contribution in [3.63, 3.8) is 0 Å². The number of methoxy groups -OCH3 is 1. The molecule has 6 nitrogen and oxygen atoms in total. The Bertz CT molecular complexity index is 1080. The summed E-state index contributed by atoms with van der Waals surface area (Å²) >= 11 is 0. The minimum absolute atomic E-state index is 0.137. The summed E-state index contributed by atoms with van der Waals surface area (Å²) in [5, 5.41) is 6.82. The summed E-state index contributed by atoms with van der Waals surface area (Å²) in [6, 6.07) is 12.2. The van der Waals surface area contributed by atoms with Crippen molar-refractivity contribution in [2.24, 2.45) is 0 Å². The van der Waals surface area contributed by atoms with Crippen molar-refractivity contribution in [2.75, 3.05) is 7.11 Å². The zero-order valence-electron chi connectivity index (χ0n) is 15.9. The Balaban J connectivity index is 1.77. The number of hydrogen-bond acceptors (Lipinski definition) is 4. The number of halogens is 2. The van der Waals surface area contributed by atoms with Gasteiger partial charge in [-0.15, -0.1) is 0 Å². The maximum absolute atomic E-state index is 13.7. The largest absolute Gasteiger partial charge is 0.497 e. The summed E-state index contributed by atoms with van der Waals surface area (Å²) < 4.78 is 32.9. The molecule has 3 aromatic rings. The van der Waals surface area contributed by atoms with Gasteiger partial charge in [0.05, 0.1) is 12.8 Å². The molecule has 0 aliphatic heterocycles. The van der Waals surface area contributed by atoms with Gasteiger partial charge in [-0.3, -0.25) is 9.59 Å². The minimum Gasteiger partial charge on any atom is -0.497 e. The molecular weight excluding hydrogens is 380 g/mol. The topological polar surface area (TPSA) is 73.2 Å². The molecule has 0 radical (unpaired) electrons. The molecule has 0 bridgehead atoms. The quantitative estimate of drug-likeness (QED) is 0.692. The van der Waals surface area contributed by atoms with Gasteiger partial charge in [-0.25, -0.2) is 13.5 Å². The van der Waals surface area contributed by atoms with Crippen LogP contribution in [-0.4, -0.2) is 22.8 Å². The van der Waals surface area contributed by atoms with Gasteiger partial charge in [0.2, 0.25) is 5.91 Å².